The van der Waals surface area contributed by atoms with Crippen molar-refractivity contribution in [3.63, 3.8) is 0 Å². The number of benzene rings is 2. The van der Waals surface area contributed by atoms with Crippen molar-refractivity contribution in [2.45, 2.75) is 91.4 Å². The molecule has 0 fully saturated rings. The Morgan fingerprint density at radius 1 is 0.758 bits per heavy atom. The number of aliphatic hydroxyl groups is 1. The van der Waals surface area contributed by atoms with Crippen molar-refractivity contribution < 1.29 is 5.11 Å². The fraction of sp³-hybridized carbons (Fsp3) is 0.586. The van der Waals surface area contributed by atoms with E-state index in [1.165, 1.54) is 69.8 Å². The molecule has 0 aliphatic heterocycles. The number of hydrogen-bond acceptors (Lipinski definition) is 4. The van der Waals surface area contributed by atoms with E-state index in [1.54, 1.807) is 0 Å². The Bertz CT molecular complexity index is 801. The molecule has 2 rings (SSSR count). The first-order valence-electron chi connectivity index (χ1n) is 13.1. The molecule has 0 heterocycles. The van der Waals surface area contributed by atoms with Gasteiger partial charge in [-0.05, 0) is 68.1 Å². The molecule has 1 N–H and O–H groups in total. The van der Waals surface area contributed by atoms with Gasteiger partial charge in [-0.1, -0.05) is 76.8 Å². The van der Waals surface area contributed by atoms with Gasteiger partial charge in [-0.15, -0.1) is 0 Å². The van der Waals surface area contributed by atoms with E-state index < -0.39 is 0 Å². The highest BCUT2D eigenvalue weighted by molar-refractivity contribution is 5.57. The Hall–Kier alpha value is -2.20. The van der Waals surface area contributed by atoms with Crippen LogP contribution in [0.15, 0.2) is 52.7 Å². The molecule has 33 heavy (non-hydrogen) atoms. The van der Waals surface area contributed by atoms with Gasteiger partial charge >= 0.3 is 0 Å². The van der Waals surface area contributed by atoms with Gasteiger partial charge in [0.05, 0.1) is 18.0 Å². The van der Waals surface area contributed by atoms with Gasteiger partial charge in [-0.25, -0.2) is 0 Å². The first kappa shape index (κ1) is 27.0. The lowest BCUT2D eigenvalue weighted by Gasteiger charge is -2.22. The molecule has 0 spiro atoms. The van der Waals surface area contributed by atoms with E-state index in [-0.39, 0.29) is 6.61 Å². The molecule has 0 aliphatic carbocycles. The topological polar surface area (TPSA) is 48.2 Å². The van der Waals surface area contributed by atoms with Gasteiger partial charge < -0.3 is 10.0 Å². The van der Waals surface area contributed by atoms with Crippen LogP contribution in [0.25, 0.3) is 0 Å². The Balaban J connectivity index is 1.72. The molecule has 2 aromatic rings. The predicted octanol–water partition coefficient (Wildman–Crippen LogP) is 8.69. The first-order valence-corrected chi connectivity index (χ1v) is 13.1. The van der Waals surface area contributed by atoms with Crippen molar-refractivity contribution in [3.05, 3.63) is 53.6 Å². The van der Waals surface area contributed by atoms with Gasteiger partial charge in [0.15, 0.2) is 0 Å². The predicted molar refractivity (Wildman–Crippen MR) is 142 cm³/mol. The normalized spacial score (nSPS) is 11.4. The van der Waals surface area contributed by atoms with Crippen LogP contribution in [0.5, 0.6) is 0 Å². The maximum absolute atomic E-state index is 9.23. The lowest BCUT2D eigenvalue weighted by Crippen LogP contribution is -2.26. The highest BCUT2D eigenvalue weighted by Gasteiger charge is 2.06. The van der Waals surface area contributed by atoms with Crippen LogP contribution < -0.4 is 4.90 Å². The quantitative estimate of drug-likeness (QED) is 0.193. The molecule has 4 heteroatoms. The number of unbranched alkanes of at least 4 members (excludes halogenated alkanes) is 9. The van der Waals surface area contributed by atoms with Gasteiger partial charge in [0.1, 0.15) is 0 Å². The van der Waals surface area contributed by atoms with Crippen LogP contribution in [0.3, 0.4) is 0 Å². The summed E-state index contributed by atoms with van der Waals surface area (Å²) < 4.78 is 0. The van der Waals surface area contributed by atoms with Gasteiger partial charge in [0, 0.05) is 18.8 Å². The molecule has 0 amide bonds. The molecular formula is C29H45N3O. The summed E-state index contributed by atoms with van der Waals surface area (Å²) in [7, 11) is 0. The minimum atomic E-state index is 0.156. The van der Waals surface area contributed by atoms with Gasteiger partial charge in [-0.2, -0.15) is 10.2 Å². The van der Waals surface area contributed by atoms with Crippen molar-refractivity contribution in [1.82, 2.24) is 0 Å². The monoisotopic (exact) mass is 451 g/mol. The first-order chi connectivity index (χ1) is 16.2. The zero-order valence-electron chi connectivity index (χ0n) is 21.2. The van der Waals surface area contributed by atoms with Crippen molar-refractivity contribution in [2.24, 2.45) is 10.2 Å². The largest absolute Gasteiger partial charge is 0.395 e. The number of aliphatic hydroxyl groups excluding tert-OH is 1. The van der Waals surface area contributed by atoms with E-state index in [4.69, 9.17) is 0 Å². The molecule has 0 radical (unpaired) electrons. The van der Waals surface area contributed by atoms with Crippen molar-refractivity contribution in [2.75, 3.05) is 24.6 Å². The number of anilines is 1. The SMILES string of the molecule is CCCCCCCCCCCCc1ccc(N=Nc2ccc(N(CC)CCO)cc2C)cc1. The zero-order chi connectivity index (χ0) is 23.7. The number of hydrogen-bond donors (Lipinski definition) is 1. The van der Waals surface area contributed by atoms with Crippen molar-refractivity contribution in [3.8, 4) is 0 Å². The van der Waals surface area contributed by atoms with Crippen molar-refractivity contribution >= 4 is 17.1 Å². The minimum absolute atomic E-state index is 0.156. The van der Waals surface area contributed by atoms with Crippen LogP contribution in [0, 0.1) is 6.92 Å². The molecular weight excluding hydrogens is 406 g/mol. The van der Waals surface area contributed by atoms with E-state index in [0.717, 1.165) is 35.6 Å². The summed E-state index contributed by atoms with van der Waals surface area (Å²) in [5.41, 5.74) is 5.36. The summed E-state index contributed by atoms with van der Waals surface area (Å²) in [6.07, 6.45) is 14.9. The maximum atomic E-state index is 9.23. The highest BCUT2D eigenvalue weighted by Crippen LogP contribution is 2.27. The number of aryl methyl sites for hydroxylation is 2. The molecule has 0 aliphatic rings. The van der Waals surface area contributed by atoms with Crippen molar-refractivity contribution in [1.29, 1.82) is 0 Å². The summed E-state index contributed by atoms with van der Waals surface area (Å²) in [5, 5.41) is 18.1. The fourth-order valence-electron chi connectivity index (χ4n) is 4.20. The van der Waals surface area contributed by atoms with E-state index in [0.29, 0.717) is 6.54 Å². The standard InChI is InChI=1S/C29H45N3O/c1-4-6-7-8-9-10-11-12-13-14-15-26-16-18-27(19-17-26)30-31-29-21-20-28(24-25(29)3)32(5-2)22-23-33/h16-21,24,33H,4-15,22-23H2,1-3H3. The van der Waals surface area contributed by atoms with Gasteiger partial charge in [0.25, 0.3) is 0 Å². The lowest BCUT2D eigenvalue weighted by atomic mass is 10.0. The second-order valence-electron chi connectivity index (χ2n) is 9.07. The molecule has 4 nitrogen and oxygen atoms in total. The number of rotatable bonds is 17. The average Bonchev–Trinajstić information content (AvgIpc) is 2.83. The minimum Gasteiger partial charge on any atom is -0.395 e. The summed E-state index contributed by atoms with van der Waals surface area (Å²) >= 11 is 0. The Morgan fingerprint density at radius 3 is 1.97 bits per heavy atom. The Kier molecular flexibility index (Phi) is 13.5. The smallest absolute Gasteiger partial charge is 0.0887 e. The van der Waals surface area contributed by atoms with Crippen LogP contribution in [-0.2, 0) is 6.42 Å². The molecule has 0 aromatic heterocycles. The number of likely N-dealkylation sites (N-methyl/N-ethyl adjacent to an activating group) is 1. The van der Waals surface area contributed by atoms with Gasteiger partial charge in [0.2, 0.25) is 0 Å². The fourth-order valence-corrected chi connectivity index (χ4v) is 4.20. The zero-order valence-corrected chi connectivity index (χ0v) is 21.2. The Labute approximate surface area is 202 Å². The summed E-state index contributed by atoms with van der Waals surface area (Å²) in [6.45, 7) is 8.09. The molecule has 0 saturated carbocycles. The van der Waals surface area contributed by atoms with Gasteiger partial charge in [-0.3, -0.25) is 0 Å². The third-order valence-corrected chi connectivity index (χ3v) is 6.33. The van der Waals surface area contributed by atoms with E-state index >= 15 is 0 Å². The molecule has 182 valence electrons. The second kappa shape index (κ2) is 16.4. The molecule has 0 saturated heterocycles. The van der Waals surface area contributed by atoms with Crippen LogP contribution in [0.2, 0.25) is 0 Å². The number of azo groups is 1. The third-order valence-electron chi connectivity index (χ3n) is 6.33. The molecule has 0 atom stereocenters. The van der Waals surface area contributed by atoms with E-state index in [1.807, 2.05) is 6.07 Å². The van der Waals surface area contributed by atoms with E-state index in [2.05, 4.69) is 72.3 Å². The van der Waals surface area contributed by atoms with Crippen LogP contribution in [0.4, 0.5) is 17.1 Å². The molecule has 0 bridgehead atoms. The third kappa shape index (κ3) is 10.5. The molecule has 2 aromatic carbocycles. The van der Waals surface area contributed by atoms with E-state index in [9.17, 15) is 5.11 Å². The Morgan fingerprint density at radius 2 is 1.39 bits per heavy atom. The maximum Gasteiger partial charge on any atom is 0.0887 e. The second-order valence-corrected chi connectivity index (χ2v) is 9.07. The summed E-state index contributed by atoms with van der Waals surface area (Å²) in [5.74, 6) is 0. The van der Waals surface area contributed by atoms with Crippen LogP contribution >= 0.6 is 0 Å². The van der Waals surface area contributed by atoms with Crippen LogP contribution in [-0.4, -0.2) is 24.8 Å². The summed E-state index contributed by atoms with van der Waals surface area (Å²) in [4.78, 5) is 2.15. The average molecular weight is 452 g/mol. The lowest BCUT2D eigenvalue weighted by molar-refractivity contribution is 0.302. The van der Waals surface area contributed by atoms with Crippen LogP contribution in [0.1, 0.15) is 89.2 Å². The highest BCUT2D eigenvalue weighted by atomic mass is 16.3. The number of nitrogens with zero attached hydrogens (tertiary/aromatic N) is 3. The molecule has 0 unspecified atom stereocenters. The summed E-state index contributed by atoms with van der Waals surface area (Å²) in [6, 6.07) is 14.7.